The van der Waals surface area contributed by atoms with Gasteiger partial charge in [-0.3, -0.25) is 0 Å². The van der Waals surface area contributed by atoms with Crippen molar-refractivity contribution in [3.8, 4) is 5.75 Å². The molecule has 4 heteroatoms. The molecule has 1 heterocycles. The van der Waals surface area contributed by atoms with Crippen molar-refractivity contribution in [3.05, 3.63) is 28.8 Å². The number of benzene rings is 1. The molecule has 1 saturated heterocycles. The van der Waals surface area contributed by atoms with E-state index in [2.05, 4.69) is 5.32 Å². The fraction of sp³-hybridized carbons (Fsp3) is 0.571. The second-order valence-corrected chi connectivity index (χ2v) is 5.19. The third-order valence-corrected chi connectivity index (χ3v) is 3.59. The van der Waals surface area contributed by atoms with Gasteiger partial charge in [0.05, 0.1) is 5.56 Å². The van der Waals surface area contributed by atoms with Gasteiger partial charge in [-0.2, -0.15) is 0 Å². The van der Waals surface area contributed by atoms with Crippen LogP contribution < -0.4 is 5.32 Å². The minimum Gasteiger partial charge on any atom is -0.507 e. The highest BCUT2D eigenvalue weighted by molar-refractivity contribution is 5.47. The molecule has 0 bridgehead atoms. The van der Waals surface area contributed by atoms with Gasteiger partial charge >= 0.3 is 0 Å². The second kappa shape index (κ2) is 5.22. The van der Waals surface area contributed by atoms with Gasteiger partial charge in [0.15, 0.2) is 0 Å². The van der Waals surface area contributed by atoms with Crippen molar-refractivity contribution in [1.29, 1.82) is 0 Å². The maximum Gasteiger partial charge on any atom is 0.267 e. The number of nitrogens with one attached hydrogen (secondary N) is 1. The predicted octanol–water partition coefficient (Wildman–Crippen LogP) is 3.53. The summed E-state index contributed by atoms with van der Waals surface area (Å²) in [7, 11) is 0. The van der Waals surface area contributed by atoms with Gasteiger partial charge in [-0.15, -0.1) is 0 Å². The Hall–Kier alpha value is -1.16. The predicted molar refractivity (Wildman–Crippen MR) is 67.4 cm³/mol. The van der Waals surface area contributed by atoms with Gasteiger partial charge < -0.3 is 10.4 Å². The van der Waals surface area contributed by atoms with Crippen molar-refractivity contribution in [2.24, 2.45) is 0 Å². The SMILES string of the molecule is CC(C)c1cc(C(F)F)c(O)c(C2CCNC2)c1. The number of hydrogen-bond donors (Lipinski definition) is 2. The molecule has 1 fully saturated rings. The first-order valence-electron chi connectivity index (χ1n) is 6.36. The van der Waals surface area contributed by atoms with Gasteiger partial charge in [0.1, 0.15) is 5.75 Å². The maximum atomic E-state index is 13.0. The van der Waals surface area contributed by atoms with Crippen LogP contribution in [0.25, 0.3) is 0 Å². The molecule has 0 aliphatic carbocycles. The van der Waals surface area contributed by atoms with Gasteiger partial charge in [0.2, 0.25) is 0 Å². The van der Waals surface area contributed by atoms with E-state index in [1.54, 1.807) is 0 Å². The zero-order valence-electron chi connectivity index (χ0n) is 10.7. The molecule has 2 N–H and O–H groups in total. The first-order chi connectivity index (χ1) is 8.50. The van der Waals surface area contributed by atoms with Crippen LogP contribution in [-0.4, -0.2) is 18.2 Å². The van der Waals surface area contributed by atoms with E-state index in [4.69, 9.17) is 0 Å². The third kappa shape index (κ3) is 2.48. The molecule has 1 aliphatic heterocycles. The Kier molecular flexibility index (Phi) is 3.85. The highest BCUT2D eigenvalue weighted by atomic mass is 19.3. The van der Waals surface area contributed by atoms with Gasteiger partial charge in [0, 0.05) is 12.5 Å². The van der Waals surface area contributed by atoms with E-state index in [0.29, 0.717) is 5.56 Å². The normalized spacial score (nSPS) is 20.0. The molecule has 2 nitrogen and oxygen atoms in total. The second-order valence-electron chi connectivity index (χ2n) is 5.19. The fourth-order valence-electron chi connectivity index (χ4n) is 2.44. The number of alkyl halides is 2. The van der Waals surface area contributed by atoms with E-state index in [0.717, 1.165) is 25.1 Å². The molecule has 1 aromatic rings. The largest absolute Gasteiger partial charge is 0.507 e. The Morgan fingerprint density at radius 1 is 1.33 bits per heavy atom. The summed E-state index contributed by atoms with van der Waals surface area (Å²) >= 11 is 0. The van der Waals surface area contributed by atoms with Crippen LogP contribution in [0.1, 0.15) is 55.2 Å². The van der Waals surface area contributed by atoms with Crippen LogP contribution in [-0.2, 0) is 0 Å². The number of phenolic OH excluding ortho intramolecular Hbond substituents is 1. The number of halogens is 2. The molecule has 0 spiro atoms. The summed E-state index contributed by atoms with van der Waals surface area (Å²) in [5, 5.41) is 13.2. The summed E-state index contributed by atoms with van der Waals surface area (Å²) in [4.78, 5) is 0. The molecular weight excluding hydrogens is 236 g/mol. The maximum absolute atomic E-state index is 13.0. The lowest BCUT2D eigenvalue weighted by molar-refractivity contribution is 0.147. The van der Waals surface area contributed by atoms with Crippen LogP contribution in [0, 0.1) is 0 Å². The first kappa shape index (κ1) is 13.3. The first-order valence-corrected chi connectivity index (χ1v) is 6.36. The molecule has 0 amide bonds. The Balaban J connectivity index is 2.49. The molecule has 18 heavy (non-hydrogen) atoms. The summed E-state index contributed by atoms with van der Waals surface area (Å²) < 4.78 is 25.9. The Labute approximate surface area is 106 Å². The van der Waals surface area contributed by atoms with E-state index in [-0.39, 0.29) is 23.1 Å². The molecule has 1 aliphatic rings. The van der Waals surface area contributed by atoms with Gasteiger partial charge in [-0.05, 0) is 36.1 Å². The highest BCUT2D eigenvalue weighted by Gasteiger charge is 2.25. The average molecular weight is 255 g/mol. The topological polar surface area (TPSA) is 32.3 Å². The van der Waals surface area contributed by atoms with Crippen molar-refractivity contribution in [3.63, 3.8) is 0 Å². The Morgan fingerprint density at radius 2 is 2.06 bits per heavy atom. The van der Waals surface area contributed by atoms with Gasteiger partial charge in [-0.1, -0.05) is 19.9 Å². The van der Waals surface area contributed by atoms with Crippen molar-refractivity contribution in [2.45, 2.75) is 38.5 Å². The summed E-state index contributed by atoms with van der Waals surface area (Å²) in [5.41, 5.74) is 1.30. The van der Waals surface area contributed by atoms with Gasteiger partial charge in [0.25, 0.3) is 6.43 Å². The molecule has 0 radical (unpaired) electrons. The minimum atomic E-state index is -2.63. The molecule has 1 atom stereocenters. The monoisotopic (exact) mass is 255 g/mol. The van der Waals surface area contributed by atoms with E-state index in [1.165, 1.54) is 6.07 Å². The van der Waals surface area contributed by atoms with Crippen molar-refractivity contribution in [2.75, 3.05) is 13.1 Å². The number of rotatable bonds is 3. The Morgan fingerprint density at radius 3 is 2.56 bits per heavy atom. The average Bonchev–Trinajstić information content (AvgIpc) is 2.81. The standard InChI is InChI=1S/C14H19F2NO/c1-8(2)10-5-11(9-3-4-17-7-9)13(18)12(6-10)14(15)16/h5-6,8-9,14,17-18H,3-4,7H2,1-2H3. The van der Waals surface area contributed by atoms with E-state index >= 15 is 0 Å². The van der Waals surface area contributed by atoms with Crippen molar-refractivity contribution in [1.82, 2.24) is 5.32 Å². The quantitative estimate of drug-likeness (QED) is 0.866. The summed E-state index contributed by atoms with van der Waals surface area (Å²) in [6.07, 6.45) is -1.74. The number of phenols is 1. The minimum absolute atomic E-state index is 0.140. The molecular formula is C14H19F2NO. The molecule has 100 valence electrons. The van der Waals surface area contributed by atoms with E-state index in [9.17, 15) is 13.9 Å². The van der Waals surface area contributed by atoms with Crippen LogP contribution in [0.15, 0.2) is 12.1 Å². The van der Waals surface area contributed by atoms with Gasteiger partial charge in [-0.25, -0.2) is 8.78 Å². The highest BCUT2D eigenvalue weighted by Crippen LogP contribution is 2.39. The summed E-state index contributed by atoms with van der Waals surface area (Å²) in [5.74, 6) is 0.0977. The van der Waals surface area contributed by atoms with Crippen LogP contribution in [0.5, 0.6) is 5.75 Å². The summed E-state index contributed by atoms with van der Waals surface area (Å²) in [6.45, 7) is 5.56. The number of aromatic hydroxyl groups is 1. The zero-order valence-corrected chi connectivity index (χ0v) is 10.7. The third-order valence-electron chi connectivity index (χ3n) is 3.59. The molecule has 1 aromatic carbocycles. The fourth-order valence-corrected chi connectivity index (χ4v) is 2.44. The molecule has 0 saturated carbocycles. The summed E-state index contributed by atoms with van der Waals surface area (Å²) in [6, 6.07) is 3.31. The molecule has 1 unspecified atom stereocenters. The van der Waals surface area contributed by atoms with Crippen molar-refractivity contribution >= 4 is 0 Å². The molecule has 0 aromatic heterocycles. The smallest absolute Gasteiger partial charge is 0.267 e. The lowest BCUT2D eigenvalue weighted by Gasteiger charge is -2.18. The van der Waals surface area contributed by atoms with Crippen LogP contribution >= 0.6 is 0 Å². The lowest BCUT2D eigenvalue weighted by atomic mass is 9.90. The van der Waals surface area contributed by atoms with E-state index in [1.807, 2.05) is 19.9 Å². The lowest BCUT2D eigenvalue weighted by Crippen LogP contribution is -2.09. The van der Waals surface area contributed by atoms with Crippen LogP contribution in [0.3, 0.4) is 0 Å². The van der Waals surface area contributed by atoms with Crippen LogP contribution in [0.2, 0.25) is 0 Å². The molecule has 2 rings (SSSR count). The Bertz CT molecular complexity index is 426. The van der Waals surface area contributed by atoms with Crippen LogP contribution in [0.4, 0.5) is 8.78 Å². The zero-order chi connectivity index (χ0) is 13.3. The van der Waals surface area contributed by atoms with E-state index < -0.39 is 6.43 Å². The number of hydrogen-bond acceptors (Lipinski definition) is 2. The van der Waals surface area contributed by atoms with Crippen molar-refractivity contribution < 1.29 is 13.9 Å².